The zero-order valence-electron chi connectivity index (χ0n) is 17.9. The molecule has 10 heteroatoms. The molecular weight excluding hydrogens is 431 g/mol. The number of hydrogen-bond acceptors (Lipinski definition) is 4. The van der Waals surface area contributed by atoms with Crippen LogP contribution in [0.3, 0.4) is 0 Å². The Morgan fingerprint density at radius 2 is 1.81 bits per heavy atom. The van der Waals surface area contributed by atoms with Crippen molar-refractivity contribution in [1.29, 1.82) is 0 Å². The Morgan fingerprint density at radius 1 is 1.16 bits per heavy atom. The lowest BCUT2D eigenvalue weighted by molar-refractivity contribution is -0.137. The second-order valence-corrected chi connectivity index (χ2v) is 10.3. The molecule has 1 aromatic carbocycles. The number of carbonyl (C=O) groups is 1. The Bertz CT molecular complexity index is 899. The van der Waals surface area contributed by atoms with Crippen LogP contribution in [0.4, 0.5) is 18.9 Å². The molecule has 1 amide bonds. The van der Waals surface area contributed by atoms with E-state index in [0.29, 0.717) is 6.04 Å². The molecule has 0 radical (unpaired) electrons. The predicted molar refractivity (Wildman–Crippen MR) is 113 cm³/mol. The molecule has 2 atom stereocenters. The minimum Gasteiger partial charge on any atom is -0.341 e. The molecular formula is C21H30F3N3O3S. The van der Waals surface area contributed by atoms with Crippen molar-refractivity contribution < 1.29 is 26.4 Å². The molecule has 1 saturated heterocycles. The van der Waals surface area contributed by atoms with E-state index in [9.17, 15) is 26.4 Å². The first-order valence-electron chi connectivity index (χ1n) is 10.6. The molecule has 0 spiro atoms. The number of likely N-dealkylation sites (tertiary alicyclic amines) is 1. The third-order valence-electron chi connectivity index (χ3n) is 6.27. The van der Waals surface area contributed by atoms with E-state index < -0.39 is 21.8 Å². The van der Waals surface area contributed by atoms with Gasteiger partial charge in [-0.05, 0) is 56.5 Å². The van der Waals surface area contributed by atoms with E-state index in [0.717, 1.165) is 70.0 Å². The maximum atomic E-state index is 13.1. The van der Waals surface area contributed by atoms with Gasteiger partial charge in [-0.3, -0.25) is 14.4 Å². The lowest BCUT2D eigenvalue weighted by atomic mass is 9.88. The Hall–Kier alpha value is -1.81. The van der Waals surface area contributed by atoms with E-state index in [1.165, 1.54) is 6.07 Å². The van der Waals surface area contributed by atoms with Crippen LogP contribution in [0.2, 0.25) is 0 Å². The molecule has 31 heavy (non-hydrogen) atoms. The maximum absolute atomic E-state index is 13.1. The minimum absolute atomic E-state index is 0.0557. The number of amides is 1. The molecule has 1 aromatic rings. The monoisotopic (exact) mass is 461 g/mol. The SMILES string of the molecule is CN(C(=O)Cc1ccc(C(F)(F)F)cc1NS(C)(=O)=O)[C@H]1CCCC[C@@H]1N1CCCC1. The van der Waals surface area contributed by atoms with Crippen LogP contribution in [0.1, 0.15) is 49.7 Å². The summed E-state index contributed by atoms with van der Waals surface area (Å²) in [7, 11) is -2.06. The summed E-state index contributed by atoms with van der Waals surface area (Å²) in [6.07, 6.45) is 2.49. The van der Waals surface area contributed by atoms with E-state index in [1.807, 2.05) is 0 Å². The van der Waals surface area contributed by atoms with Gasteiger partial charge >= 0.3 is 6.18 Å². The highest BCUT2D eigenvalue weighted by Crippen LogP contribution is 2.33. The number of alkyl halides is 3. The summed E-state index contributed by atoms with van der Waals surface area (Å²) in [6, 6.07) is 3.16. The molecule has 2 fully saturated rings. The summed E-state index contributed by atoms with van der Waals surface area (Å²) in [4.78, 5) is 17.2. The average molecular weight is 462 g/mol. The molecule has 1 saturated carbocycles. The Morgan fingerprint density at radius 3 is 2.42 bits per heavy atom. The lowest BCUT2D eigenvalue weighted by Crippen LogP contribution is -2.53. The predicted octanol–water partition coefficient (Wildman–Crippen LogP) is 3.48. The van der Waals surface area contributed by atoms with Gasteiger partial charge in [0.25, 0.3) is 0 Å². The zero-order chi connectivity index (χ0) is 22.8. The van der Waals surface area contributed by atoms with Crippen LogP contribution in [0.5, 0.6) is 0 Å². The second kappa shape index (κ2) is 9.36. The van der Waals surface area contributed by atoms with Crippen LogP contribution < -0.4 is 4.72 Å². The van der Waals surface area contributed by atoms with Gasteiger partial charge in [-0.25, -0.2) is 8.42 Å². The fourth-order valence-electron chi connectivity index (χ4n) is 4.72. The number of nitrogens with one attached hydrogen (secondary N) is 1. The van der Waals surface area contributed by atoms with Gasteiger partial charge in [0.15, 0.2) is 0 Å². The fourth-order valence-corrected chi connectivity index (χ4v) is 5.31. The highest BCUT2D eigenvalue weighted by Gasteiger charge is 2.36. The first kappa shape index (κ1) is 23.8. The summed E-state index contributed by atoms with van der Waals surface area (Å²) >= 11 is 0. The summed E-state index contributed by atoms with van der Waals surface area (Å²) < 4.78 is 64.8. The first-order valence-corrected chi connectivity index (χ1v) is 12.5. The van der Waals surface area contributed by atoms with Crippen molar-refractivity contribution in [3.05, 3.63) is 29.3 Å². The van der Waals surface area contributed by atoms with Gasteiger partial charge in [0.2, 0.25) is 15.9 Å². The minimum atomic E-state index is -4.61. The molecule has 2 aliphatic rings. The molecule has 1 N–H and O–H groups in total. The lowest BCUT2D eigenvalue weighted by Gasteiger charge is -2.42. The topological polar surface area (TPSA) is 69.7 Å². The Kier molecular flexibility index (Phi) is 7.20. The van der Waals surface area contributed by atoms with Gasteiger partial charge in [-0.15, -0.1) is 0 Å². The number of anilines is 1. The third-order valence-corrected chi connectivity index (χ3v) is 6.86. The van der Waals surface area contributed by atoms with Crippen molar-refractivity contribution in [2.75, 3.05) is 31.1 Å². The highest BCUT2D eigenvalue weighted by molar-refractivity contribution is 7.92. The van der Waals surface area contributed by atoms with Crippen LogP contribution >= 0.6 is 0 Å². The van der Waals surface area contributed by atoms with Gasteiger partial charge in [0.05, 0.1) is 23.9 Å². The van der Waals surface area contributed by atoms with Crippen LogP contribution in [0.15, 0.2) is 18.2 Å². The summed E-state index contributed by atoms with van der Waals surface area (Å²) in [6.45, 7) is 2.06. The van der Waals surface area contributed by atoms with E-state index in [1.54, 1.807) is 11.9 Å². The number of halogens is 3. The van der Waals surface area contributed by atoms with Gasteiger partial charge in [0.1, 0.15) is 0 Å². The molecule has 0 unspecified atom stereocenters. The first-order chi connectivity index (χ1) is 14.5. The van der Waals surface area contributed by atoms with Crippen LogP contribution in [0.25, 0.3) is 0 Å². The zero-order valence-corrected chi connectivity index (χ0v) is 18.7. The van der Waals surface area contributed by atoms with Gasteiger partial charge in [0, 0.05) is 19.1 Å². The molecule has 6 nitrogen and oxygen atoms in total. The maximum Gasteiger partial charge on any atom is 0.416 e. The second-order valence-electron chi connectivity index (χ2n) is 8.59. The van der Waals surface area contributed by atoms with Crippen molar-refractivity contribution in [1.82, 2.24) is 9.80 Å². The van der Waals surface area contributed by atoms with Crippen molar-refractivity contribution >= 4 is 21.6 Å². The quantitative estimate of drug-likeness (QED) is 0.704. The normalized spacial score (nSPS) is 23.0. The smallest absolute Gasteiger partial charge is 0.341 e. The number of carbonyl (C=O) groups excluding carboxylic acids is 1. The number of rotatable bonds is 6. The van der Waals surface area contributed by atoms with Crippen molar-refractivity contribution in [2.45, 2.75) is 63.2 Å². The number of sulfonamides is 1. The van der Waals surface area contributed by atoms with Gasteiger partial charge in [-0.1, -0.05) is 18.9 Å². The van der Waals surface area contributed by atoms with Crippen LogP contribution in [-0.4, -0.2) is 62.6 Å². The standard InChI is InChI=1S/C21H30F3N3O3S/c1-26(18-7-3-4-8-19(18)27-11-5-6-12-27)20(28)13-15-9-10-16(21(22,23)24)14-17(15)25-31(2,29)30/h9-10,14,18-19,25H,3-8,11-13H2,1-2H3/t18-,19-/m0/s1. The van der Waals surface area contributed by atoms with Crippen molar-refractivity contribution in [3.8, 4) is 0 Å². The molecule has 1 aliphatic carbocycles. The largest absolute Gasteiger partial charge is 0.416 e. The van der Waals surface area contributed by atoms with E-state index in [2.05, 4.69) is 9.62 Å². The summed E-state index contributed by atoms with van der Waals surface area (Å²) in [5, 5.41) is 0. The number of hydrogen-bond donors (Lipinski definition) is 1. The number of likely N-dealkylation sites (N-methyl/N-ethyl adjacent to an activating group) is 1. The molecule has 174 valence electrons. The van der Waals surface area contributed by atoms with E-state index >= 15 is 0 Å². The van der Waals surface area contributed by atoms with Crippen LogP contribution in [-0.2, 0) is 27.4 Å². The summed E-state index contributed by atoms with van der Waals surface area (Å²) in [5.41, 5.74) is -0.952. The van der Waals surface area contributed by atoms with Gasteiger partial charge in [-0.2, -0.15) is 13.2 Å². The van der Waals surface area contributed by atoms with E-state index in [-0.39, 0.29) is 29.6 Å². The molecule has 1 heterocycles. The van der Waals surface area contributed by atoms with Crippen molar-refractivity contribution in [3.63, 3.8) is 0 Å². The molecule has 0 aromatic heterocycles. The Balaban J connectivity index is 1.80. The Labute approximate surface area is 181 Å². The number of benzene rings is 1. The average Bonchev–Trinajstić information content (AvgIpc) is 3.21. The highest BCUT2D eigenvalue weighted by atomic mass is 32.2. The van der Waals surface area contributed by atoms with E-state index in [4.69, 9.17) is 0 Å². The number of nitrogens with zero attached hydrogens (tertiary/aromatic N) is 2. The van der Waals surface area contributed by atoms with Crippen LogP contribution in [0, 0.1) is 0 Å². The third kappa shape index (κ3) is 6.12. The van der Waals surface area contributed by atoms with Gasteiger partial charge < -0.3 is 4.90 Å². The summed E-state index contributed by atoms with van der Waals surface area (Å²) in [5.74, 6) is -0.229. The molecule has 1 aliphatic heterocycles. The molecule has 3 rings (SSSR count). The van der Waals surface area contributed by atoms with Crippen molar-refractivity contribution in [2.24, 2.45) is 0 Å². The fraction of sp³-hybridized carbons (Fsp3) is 0.667. The molecule has 0 bridgehead atoms.